The summed E-state index contributed by atoms with van der Waals surface area (Å²) >= 11 is 3.42. The van der Waals surface area contributed by atoms with E-state index in [1.165, 1.54) is 0 Å². The number of rotatable bonds is 3. The molecule has 0 spiro atoms. The van der Waals surface area contributed by atoms with Crippen molar-refractivity contribution in [2.45, 2.75) is 13.5 Å². The second kappa shape index (κ2) is 5.19. The molecule has 2 rings (SSSR count). The highest BCUT2D eigenvalue weighted by atomic mass is 79.9. The van der Waals surface area contributed by atoms with Gasteiger partial charge in [-0.05, 0) is 30.7 Å². The van der Waals surface area contributed by atoms with E-state index in [0.717, 1.165) is 21.3 Å². The van der Waals surface area contributed by atoms with Crippen molar-refractivity contribution < 1.29 is 4.74 Å². The molecule has 0 aliphatic heterocycles. The minimum atomic E-state index is 0.428. The van der Waals surface area contributed by atoms with Gasteiger partial charge in [-0.3, -0.25) is 0 Å². The Morgan fingerprint density at radius 1 is 1.35 bits per heavy atom. The number of hydrogen-bond donors (Lipinski definition) is 1. The summed E-state index contributed by atoms with van der Waals surface area (Å²) in [5.74, 6) is 1.36. The third-order valence-electron chi connectivity index (χ3n) is 2.46. The lowest BCUT2D eigenvalue weighted by Crippen LogP contribution is -2.02. The third-order valence-corrected chi connectivity index (χ3v) is 2.95. The number of nitrogen functional groups attached to an aromatic ring is 1. The van der Waals surface area contributed by atoms with Crippen LogP contribution in [0.25, 0.3) is 0 Å². The first-order chi connectivity index (χ1) is 8.16. The molecule has 3 nitrogen and oxygen atoms in total. The molecule has 0 unspecified atom stereocenters. The summed E-state index contributed by atoms with van der Waals surface area (Å²) in [7, 11) is 0. The highest BCUT2D eigenvalue weighted by Gasteiger charge is 2.03. The average molecular weight is 293 g/mol. The van der Waals surface area contributed by atoms with Crippen LogP contribution in [0.3, 0.4) is 0 Å². The number of pyridine rings is 1. The number of hydrogen-bond acceptors (Lipinski definition) is 3. The molecule has 0 saturated carbocycles. The quantitative estimate of drug-likeness (QED) is 0.944. The van der Waals surface area contributed by atoms with Crippen LogP contribution in [-0.2, 0) is 6.61 Å². The van der Waals surface area contributed by atoms with Gasteiger partial charge in [-0.15, -0.1) is 0 Å². The Bertz CT molecular complexity index is 529. The van der Waals surface area contributed by atoms with Crippen LogP contribution in [0.5, 0.6) is 5.75 Å². The predicted molar refractivity (Wildman–Crippen MR) is 71.9 cm³/mol. The van der Waals surface area contributed by atoms with E-state index >= 15 is 0 Å². The maximum Gasteiger partial charge on any atom is 0.129 e. The molecule has 0 aliphatic carbocycles. The van der Waals surface area contributed by atoms with Crippen LogP contribution in [-0.4, -0.2) is 4.98 Å². The molecule has 0 saturated heterocycles. The Labute approximate surface area is 109 Å². The fourth-order valence-corrected chi connectivity index (χ4v) is 1.80. The fraction of sp³-hybridized carbons (Fsp3) is 0.154. The summed E-state index contributed by atoms with van der Waals surface area (Å²) in [4.78, 5) is 4.02. The molecular formula is C13H13BrN2O. The topological polar surface area (TPSA) is 48.1 Å². The van der Waals surface area contributed by atoms with Crippen molar-refractivity contribution in [1.29, 1.82) is 0 Å². The Morgan fingerprint density at radius 2 is 2.18 bits per heavy atom. The molecule has 0 amide bonds. The van der Waals surface area contributed by atoms with Crippen LogP contribution >= 0.6 is 15.9 Å². The van der Waals surface area contributed by atoms with E-state index in [9.17, 15) is 0 Å². The molecule has 2 aromatic rings. The molecule has 0 atom stereocenters. The number of anilines is 1. The number of nitrogens with two attached hydrogens (primary N) is 1. The lowest BCUT2D eigenvalue weighted by molar-refractivity contribution is 0.304. The van der Waals surface area contributed by atoms with Crippen molar-refractivity contribution in [3.05, 3.63) is 52.1 Å². The van der Waals surface area contributed by atoms with E-state index in [4.69, 9.17) is 10.5 Å². The highest BCUT2D eigenvalue weighted by Crippen LogP contribution is 2.24. The van der Waals surface area contributed by atoms with Crippen LogP contribution in [0.4, 0.5) is 5.82 Å². The van der Waals surface area contributed by atoms with Gasteiger partial charge in [-0.1, -0.05) is 28.1 Å². The molecule has 17 heavy (non-hydrogen) atoms. The van der Waals surface area contributed by atoms with Gasteiger partial charge >= 0.3 is 0 Å². The molecular weight excluding hydrogens is 280 g/mol. The Kier molecular flexibility index (Phi) is 3.64. The van der Waals surface area contributed by atoms with Gasteiger partial charge in [0.15, 0.2) is 0 Å². The van der Waals surface area contributed by atoms with Crippen molar-refractivity contribution in [2.75, 3.05) is 5.73 Å². The van der Waals surface area contributed by atoms with Gasteiger partial charge < -0.3 is 10.5 Å². The zero-order valence-corrected chi connectivity index (χ0v) is 11.1. The average Bonchev–Trinajstić information content (AvgIpc) is 2.32. The molecule has 88 valence electrons. The lowest BCUT2D eigenvalue weighted by atomic mass is 10.2. The van der Waals surface area contributed by atoms with E-state index in [-0.39, 0.29) is 0 Å². The standard InChI is InChI=1S/C13H13BrN2O/c1-9-4-5-11(14)7-12(9)17-8-10-3-2-6-16-13(10)15/h2-7H,8H2,1H3,(H2,15,16). The minimum Gasteiger partial charge on any atom is -0.488 e. The SMILES string of the molecule is Cc1ccc(Br)cc1OCc1cccnc1N. The first kappa shape index (κ1) is 11.9. The molecule has 1 heterocycles. The molecule has 2 N–H and O–H groups in total. The lowest BCUT2D eigenvalue weighted by Gasteiger charge is -2.10. The molecule has 0 aliphatic rings. The van der Waals surface area contributed by atoms with Crippen LogP contribution < -0.4 is 10.5 Å². The highest BCUT2D eigenvalue weighted by molar-refractivity contribution is 9.10. The fourth-order valence-electron chi connectivity index (χ4n) is 1.46. The number of halogens is 1. The number of benzene rings is 1. The van der Waals surface area contributed by atoms with Crippen molar-refractivity contribution >= 4 is 21.7 Å². The van der Waals surface area contributed by atoms with E-state index in [1.54, 1.807) is 6.20 Å². The van der Waals surface area contributed by atoms with Crippen LogP contribution in [0.2, 0.25) is 0 Å². The molecule has 0 fully saturated rings. The summed E-state index contributed by atoms with van der Waals surface area (Å²) in [6.45, 7) is 2.44. The maximum atomic E-state index is 5.75. The van der Waals surface area contributed by atoms with Gasteiger partial charge in [0.1, 0.15) is 18.2 Å². The zero-order chi connectivity index (χ0) is 12.3. The van der Waals surface area contributed by atoms with Gasteiger partial charge in [0, 0.05) is 16.2 Å². The maximum absolute atomic E-state index is 5.75. The van der Waals surface area contributed by atoms with Crippen LogP contribution in [0.15, 0.2) is 41.0 Å². The van der Waals surface area contributed by atoms with Crippen molar-refractivity contribution in [1.82, 2.24) is 4.98 Å². The van der Waals surface area contributed by atoms with E-state index < -0.39 is 0 Å². The van der Waals surface area contributed by atoms with Gasteiger partial charge in [0.05, 0.1) is 0 Å². The summed E-state index contributed by atoms with van der Waals surface area (Å²) < 4.78 is 6.73. The van der Waals surface area contributed by atoms with Crippen LogP contribution in [0, 0.1) is 6.92 Å². The number of aryl methyl sites for hydroxylation is 1. The summed E-state index contributed by atoms with van der Waals surface area (Å²) in [6, 6.07) is 9.70. The second-order valence-corrected chi connectivity index (χ2v) is 4.66. The Morgan fingerprint density at radius 3 is 2.94 bits per heavy atom. The smallest absolute Gasteiger partial charge is 0.129 e. The van der Waals surface area contributed by atoms with Gasteiger partial charge in [0.25, 0.3) is 0 Å². The number of ether oxygens (including phenoxy) is 1. The third kappa shape index (κ3) is 2.97. The molecule has 4 heteroatoms. The van der Waals surface area contributed by atoms with Crippen molar-refractivity contribution in [3.8, 4) is 5.75 Å². The monoisotopic (exact) mass is 292 g/mol. The second-order valence-electron chi connectivity index (χ2n) is 3.75. The van der Waals surface area contributed by atoms with E-state index in [1.807, 2.05) is 37.3 Å². The van der Waals surface area contributed by atoms with Crippen LogP contribution in [0.1, 0.15) is 11.1 Å². The van der Waals surface area contributed by atoms with Gasteiger partial charge in [0.2, 0.25) is 0 Å². The molecule has 1 aromatic carbocycles. The summed E-state index contributed by atoms with van der Waals surface area (Å²) in [5.41, 5.74) is 7.74. The first-order valence-electron chi connectivity index (χ1n) is 5.25. The number of aromatic nitrogens is 1. The normalized spacial score (nSPS) is 10.2. The summed E-state index contributed by atoms with van der Waals surface area (Å²) in [5, 5.41) is 0. The molecule has 0 radical (unpaired) electrons. The molecule has 0 bridgehead atoms. The zero-order valence-electron chi connectivity index (χ0n) is 9.48. The van der Waals surface area contributed by atoms with Gasteiger partial charge in [-0.2, -0.15) is 0 Å². The largest absolute Gasteiger partial charge is 0.488 e. The van der Waals surface area contributed by atoms with E-state index in [2.05, 4.69) is 20.9 Å². The molecule has 1 aromatic heterocycles. The Hall–Kier alpha value is -1.55. The first-order valence-corrected chi connectivity index (χ1v) is 6.04. The van der Waals surface area contributed by atoms with Crippen molar-refractivity contribution in [2.24, 2.45) is 0 Å². The van der Waals surface area contributed by atoms with Crippen molar-refractivity contribution in [3.63, 3.8) is 0 Å². The van der Waals surface area contributed by atoms with E-state index in [0.29, 0.717) is 12.4 Å². The minimum absolute atomic E-state index is 0.428. The Balaban J connectivity index is 2.12. The number of nitrogens with zero attached hydrogens (tertiary/aromatic N) is 1. The summed E-state index contributed by atoms with van der Waals surface area (Å²) in [6.07, 6.45) is 1.67. The van der Waals surface area contributed by atoms with Gasteiger partial charge in [-0.25, -0.2) is 4.98 Å². The predicted octanol–water partition coefficient (Wildman–Crippen LogP) is 3.31.